The highest BCUT2D eigenvalue weighted by molar-refractivity contribution is 6.49. The molecule has 0 bridgehead atoms. The van der Waals surface area contributed by atoms with Crippen LogP contribution in [0.25, 0.3) is 0 Å². The Morgan fingerprint density at radius 3 is 1.15 bits per heavy atom. The Balaban J connectivity index is 1.80. The molecule has 0 amide bonds. The van der Waals surface area contributed by atoms with Crippen molar-refractivity contribution in [3.8, 4) is 0 Å². The lowest BCUT2D eigenvalue weighted by Crippen LogP contribution is -2.29. The summed E-state index contributed by atoms with van der Waals surface area (Å²) in [4.78, 5) is 9.58. The third kappa shape index (κ3) is 6.36. The summed E-state index contributed by atoms with van der Waals surface area (Å²) in [5.74, 6) is 0.168. The molecular formula is C28H24F2N4. The monoisotopic (exact) mass is 454 g/mol. The molecule has 4 rings (SSSR count). The Bertz CT molecular complexity index is 1190. The van der Waals surface area contributed by atoms with Crippen molar-refractivity contribution in [2.45, 2.75) is 13.8 Å². The Morgan fingerprint density at radius 2 is 0.824 bits per heavy atom. The minimum absolute atomic E-state index is 0.333. The number of benzene rings is 4. The van der Waals surface area contributed by atoms with E-state index in [1.54, 1.807) is 24.3 Å². The van der Waals surface area contributed by atoms with Gasteiger partial charge in [-0.3, -0.25) is 0 Å². The Morgan fingerprint density at radius 1 is 0.500 bits per heavy atom. The van der Waals surface area contributed by atoms with E-state index in [1.807, 2.05) is 62.4 Å². The second-order valence-corrected chi connectivity index (χ2v) is 7.86. The molecule has 4 aromatic rings. The molecule has 4 aromatic carbocycles. The molecule has 2 N–H and O–H groups in total. The van der Waals surface area contributed by atoms with Crippen LogP contribution in [0, 0.1) is 25.5 Å². The topological polar surface area (TPSA) is 48.8 Å². The SMILES string of the molecule is Cc1ccc(N=C(Nc2ccc(F)cc2)C(=Nc2ccc(C)cc2)Nc2ccc(F)cc2)cc1. The number of halogens is 2. The van der Waals surface area contributed by atoms with E-state index in [9.17, 15) is 8.78 Å². The fourth-order valence-corrected chi connectivity index (χ4v) is 3.12. The number of rotatable bonds is 4. The zero-order valence-electron chi connectivity index (χ0n) is 18.9. The van der Waals surface area contributed by atoms with Crippen LogP contribution in [0.3, 0.4) is 0 Å². The van der Waals surface area contributed by atoms with Gasteiger partial charge < -0.3 is 10.6 Å². The molecule has 0 aromatic heterocycles. The smallest absolute Gasteiger partial charge is 0.174 e. The van der Waals surface area contributed by atoms with Crippen molar-refractivity contribution in [3.63, 3.8) is 0 Å². The lowest BCUT2D eigenvalue weighted by molar-refractivity contribution is 0.627. The minimum atomic E-state index is -0.333. The van der Waals surface area contributed by atoms with Crippen molar-refractivity contribution >= 4 is 34.4 Å². The van der Waals surface area contributed by atoms with Gasteiger partial charge in [-0.1, -0.05) is 35.4 Å². The van der Waals surface area contributed by atoms with E-state index in [-0.39, 0.29) is 11.6 Å². The van der Waals surface area contributed by atoms with Gasteiger partial charge in [-0.2, -0.15) is 0 Å². The molecule has 0 unspecified atom stereocenters. The molecule has 0 aliphatic heterocycles. The minimum Gasteiger partial charge on any atom is -0.337 e. The highest BCUT2D eigenvalue weighted by Crippen LogP contribution is 2.19. The molecule has 34 heavy (non-hydrogen) atoms. The van der Waals surface area contributed by atoms with Crippen LogP contribution in [0.15, 0.2) is 107 Å². The van der Waals surface area contributed by atoms with E-state index in [0.717, 1.165) is 11.1 Å². The highest BCUT2D eigenvalue weighted by Gasteiger charge is 2.13. The van der Waals surface area contributed by atoms with Crippen molar-refractivity contribution in [3.05, 3.63) is 120 Å². The third-order valence-electron chi connectivity index (χ3n) is 4.99. The van der Waals surface area contributed by atoms with Gasteiger partial charge in [-0.05, 0) is 86.6 Å². The number of hydrogen-bond acceptors (Lipinski definition) is 2. The van der Waals surface area contributed by atoms with Crippen molar-refractivity contribution in [2.75, 3.05) is 10.6 Å². The van der Waals surface area contributed by atoms with Crippen molar-refractivity contribution in [2.24, 2.45) is 9.98 Å². The van der Waals surface area contributed by atoms with Crippen LogP contribution in [0.4, 0.5) is 31.5 Å². The first kappa shape index (κ1) is 22.9. The van der Waals surface area contributed by atoms with Crippen LogP contribution in [-0.4, -0.2) is 11.7 Å². The van der Waals surface area contributed by atoms with Gasteiger partial charge in [-0.15, -0.1) is 0 Å². The molecule has 0 aliphatic rings. The van der Waals surface area contributed by atoms with Gasteiger partial charge in [0.2, 0.25) is 0 Å². The van der Waals surface area contributed by atoms with E-state index in [0.29, 0.717) is 34.4 Å². The second-order valence-electron chi connectivity index (χ2n) is 7.86. The van der Waals surface area contributed by atoms with Gasteiger partial charge in [0.05, 0.1) is 11.4 Å². The quantitative estimate of drug-likeness (QED) is 0.247. The van der Waals surface area contributed by atoms with Gasteiger partial charge in [0.15, 0.2) is 11.7 Å². The van der Waals surface area contributed by atoms with E-state index in [1.165, 1.54) is 24.3 Å². The normalized spacial score (nSPS) is 11.9. The molecule has 0 radical (unpaired) electrons. The molecule has 6 heteroatoms. The number of amidine groups is 2. The second kappa shape index (κ2) is 10.5. The van der Waals surface area contributed by atoms with E-state index in [4.69, 9.17) is 9.98 Å². The predicted molar refractivity (Wildman–Crippen MR) is 137 cm³/mol. The Labute approximate surface area is 197 Å². The molecule has 170 valence electrons. The first-order chi connectivity index (χ1) is 16.4. The zero-order valence-corrected chi connectivity index (χ0v) is 18.9. The largest absolute Gasteiger partial charge is 0.337 e. The van der Waals surface area contributed by atoms with Crippen molar-refractivity contribution in [1.82, 2.24) is 0 Å². The average molecular weight is 455 g/mol. The number of anilines is 2. The Hall–Kier alpha value is -4.32. The van der Waals surface area contributed by atoms with Gasteiger partial charge in [0, 0.05) is 11.4 Å². The first-order valence-electron chi connectivity index (χ1n) is 10.8. The van der Waals surface area contributed by atoms with Crippen molar-refractivity contribution in [1.29, 1.82) is 0 Å². The third-order valence-corrected chi connectivity index (χ3v) is 4.99. The van der Waals surface area contributed by atoms with Crippen molar-refractivity contribution < 1.29 is 8.78 Å². The number of hydrogen-bond donors (Lipinski definition) is 2. The fourth-order valence-electron chi connectivity index (χ4n) is 3.12. The molecule has 0 atom stereocenters. The van der Waals surface area contributed by atoms with Crippen LogP contribution in [0.1, 0.15) is 11.1 Å². The molecular weight excluding hydrogens is 430 g/mol. The fraction of sp³-hybridized carbons (Fsp3) is 0.0714. The zero-order chi connectivity index (χ0) is 23.9. The highest BCUT2D eigenvalue weighted by atomic mass is 19.1. The van der Waals surface area contributed by atoms with Crippen LogP contribution >= 0.6 is 0 Å². The van der Waals surface area contributed by atoms with Crippen LogP contribution in [0.2, 0.25) is 0 Å². The summed E-state index contributed by atoms with van der Waals surface area (Å²) in [5.41, 5.74) is 4.95. The maximum absolute atomic E-state index is 13.5. The average Bonchev–Trinajstić information content (AvgIpc) is 2.84. The lowest BCUT2D eigenvalue weighted by atomic mass is 10.2. The summed E-state index contributed by atoms with van der Waals surface area (Å²) in [6.07, 6.45) is 0. The van der Waals surface area contributed by atoms with Crippen LogP contribution < -0.4 is 10.6 Å². The van der Waals surface area contributed by atoms with Gasteiger partial charge >= 0.3 is 0 Å². The Kier molecular flexibility index (Phi) is 7.08. The predicted octanol–water partition coefficient (Wildman–Crippen LogP) is 7.57. The molecule has 0 heterocycles. The summed E-state index contributed by atoms with van der Waals surface area (Å²) < 4.78 is 27.0. The van der Waals surface area contributed by atoms with Crippen LogP contribution in [0.5, 0.6) is 0 Å². The molecule has 0 spiro atoms. The summed E-state index contributed by atoms with van der Waals surface area (Å²) in [6.45, 7) is 4.01. The molecule has 0 fully saturated rings. The van der Waals surface area contributed by atoms with Gasteiger partial charge in [-0.25, -0.2) is 18.8 Å². The summed E-state index contributed by atoms with van der Waals surface area (Å²) in [7, 11) is 0. The number of aliphatic imine (C=N–C) groups is 2. The summed E-state index contributed by atoms with van der Waals surface area (Å²) in [6, 6.07) is 27.5. The maximum atomic E-state index is 13.5. The summed E-state index contributed by atoms with van der Waals surface area (Å²) >= 11 is 0. The maximum Gasteiger partial charge on any atom is 0.174 e. The van der Waals surface area contributed by atoms with E-state index in [2.05, 4.69) is 10.6 Å². The lowest BCUT2D eigenvalue weighted by Gasteiger charge is -2.15. The molecule has 4 nitrogen and oxygen atoms in total. The molecule has 0 saturated heterocycles. The molecule has 0 saturated carbocycles. The van der Waals surface area contributed by atoms with Gasteiger partial charge in [0.25, 0.3) is 0 Å². The summed E-state index contributed by atoms with van der Waals surface area (Å²) in [5, 5.41) is 6.50. The number of nitrogens with one attached hydrogen (secondary N) is 2. The first-order valence-corrected chi connectivity index (χ1v) is 10.8. The van der Waals surface area contributed by atoms with Gasteiger partial charge in [0.1, 0.15) is 11.6 Å². The van der Waals surface area contributed by atoms with E-state index < -0.39 is 0 Å². The number of nitrogens with zero attached hydrogens (tertiary/aromatic N) is 2. The standard InChI is InChI=1S/C28H24F2N4/c1-19-3-11-23(12-4-19)31-27(33-25-15-7-21(29)8-16-25)28(32-24-13-5-20(2)6-14-24)34-26-17-9-22(30)10-18-26/h3-18H,1-2H3,(H,31,33)(H,32,34). The number of aryl methyl sites for hydroxylation is 2. The molecule has 0 aliphatic carbocycles. The van der Waals surface area contributed by atoms with Crippen LogP contribution in [-0.2, 0) is 0 Å². The van der Waals surface area contributed by atoms with E-state index >= 15 is 0 Å².